The number of thiazole rings is 1. The second-order valence-electron chi connectivity index (χ2n) is 6.43. The van der Waals surface area contributed by atoms with Crippen molar-refractivity contribution in [3.05, 3.63) is 57.5 Å². The van der Waals surface area contributed by atoms with Crippen molar-refractivity contribution >= 4 is 49.7 Å². The SMILES string of the molecule is CNS(=O)(=O)c1ccc2c(c1)CCN2C(=O)CSCc1cc(=O)n2ccsc2n1. The van der Waals surface area contributed by atoms with Crippen molar-refractivity contribution in [2.75, 3.05) is 24.2 Å². The van der Waals surface area contributed by atoms with E-state index in [1.807, 2.05) is 5.38 Å². The first-order valence-corrected chi connectivity index (χ1v) is 12.3. The van der Waals surface area contributed by atoms with E-state index in [0.29, 0.717) is 29.4 Å². The Labute approximate surface area is 175 Å². The molecule has 1 amide bonds. The summed E-state index contributed by atoms with van der Waals surface area (Å²) >= 11 is 2.80. The van der Waals surface area contributed by atoms with Crippen molar-refractivity contribution in [3.63, 3.8) is 0 Å². The molecule has 0 unspecified atom stereocenters. The van der Waals surface area contributed by atoms with Crippen LogP contribution in [0.15, 0.2) is 45.5 Å². The Bertz CT molecular complexity index is 1250. The number of carbonyl (C=O) groups is 1. The van der Waals surface area contributed by atoms with Gasteiger partial charge in [0.25, 0.3) is 5.56 Å². The summed E-state index contributed by atoms with van der Waals surface area (Å²) in [6, 6.07) is 6.31. The first-order valence-electron chi connectivity index (χ1n) is 8.79. The van der Waals surface area contributed by atoms with Crippen LogP contribution in [-0.2, 0) is 27.0 Å². The van der Waals surface area contributed by atoms with Crippen LogP contribution in [0, 0.1) is 0 Å². The van der Waals surface area contributed by atoms with Crippen LogP contribution >= 0.6 is 23.1 Å². The van der Waals surface area contributed by atoms with Crippen LogP contribution < -0.4 is 15.2 Å². The Balaban J connectivity index is 1.42. The van der Waals surface area contributed by atoms with E-state index in [0.717, 1.165) is 11.3 Å². The van der Waals surface area contributed by atoms with E-state index in [9.17, 15) is 18.0 Å². The number of thioether (sulfide) groups is 1. The van der Waals surface area contributed by atoms with E-state index < -0.39 is 10.0 Å². The molecule has 1 aliphatic heterocycles. The number of benzene rings is 1. The molecule has 29 heavy (non-hydrogen) atoms. The average molecular weight is 451 g/mol. The maximum absolute atomic E-state index is 12.7. The molecule has 0 spiro atoms. The zero-order valence-corrected chi connectivity index (χ0v) is 17.9. The van der Waals surface area contributed by atoms with Crippen LogP contribution in [0.2, 0.25) is 0 Å². The lowest BCUT2D eigenvalue weighted by atomic mass is 10.2. The molecular weight excluding hydrogens is 432 g/mol. The number of nitrogens with zero attached hydrogens (tertiary/aromatic N) is 3. The molecule has 8 nitrogen and oxygen atoms in total. The van der Waals surface area contributed by atoms with Crippen molar-refractivity contribution in [2.24, 2.45) is 0 Å². The van der Waals surface area contributed by atoms with Gasteiger partial charge in [0.05, 0.1) is 16.3 Å². The molecule has 0 radical (unpaired) electrons. The van der Waals surface area contributed by atoms with Crippen molar-refractivity contribution < 1.29 is 13.2 Å². The predicted molar refractivity (Wildman–Crippen MR) is 114 cm³/mol. The summed E-state index contributed by atoms with van der Waals surface area (Å²) in [6.07, 6.45) is 2.31. The smallest absolute Gasteiger partial charge is 0.258 e. The van der Waals surface area contributed by atoms with E-state index >= 15 is 0 Å². The molecule has 3 aromatic rings. The summed E-state index contributed by atoms with van der Waals surface area (Å²) < 4.78 is 27.7. The van der Waals surface area contributed by atoms with Crippen LogP contribution in [0.4, 0.5) is 5.69 Å². The minimum atomic E-state index is -3.51. The molecular formula is C18H18N4O4S3. The molecule has 11 heteroatoms. The van der Waals surface area contributed by atoms with Crippen molar-refractivity contribution in [1.82, 2.24) is 14.1 Å². The molecule has 0 fully saturated rings. The largest absolute Gasteiger partial charge is 0.311 e. The first kappa shape index (κ1) is 20.1. The van der Waals surface area contributed by atoms with E-state index in [1.54, 1.807) is 23.2 Å². The van der Waals surface area contributed by atoms with Crippen LogP contribution in [-0.4, -0.2) is 43.1 Å². The molecule has 1 N–H and O–H groups in total. The number of anilines is 1. The summed E-state index contributed by atoms with van der Waals surface area (Å²) in [7, 11) is -2.14. The summed E-state index contributed by atoms with van der Waals surface area (Å²) in [6.45, 7) is 0.526. The fraction of sp³-hybridized carbons (Fsp3) is 0.278. The molecule has 0 bridgehead atoms. The number of aromatic nitrogens is 2. The van der Waals surface area contributed by atoms with Gasteiger partial charge in [0.1, 0.15) is 0 Å². The van der Waals surface area contributed by atoms with Crippen molar-refractivity contribution in [3.8, 4) is 0 Å². The van der Waals surface area contributed by atoms with Gasteiger partial charge < -0.3 is 4.90 Å². The maximum atomic E-state index is 12.7. The van der Waals surface area contributed by atoms with E-state index in [2.05, 4.69) is 9.71 Å². The van der Waals surface area contributed by atoms with Crippen molar-refractivity contribution in [1.29, 1.82) is 0 Å². The molecule has 4 rings (SSSR count). The lowest BCUT2D eigenvalue weighted by molar-refractivity contribution is -0.116. The Morgan fingerprint density at radius 2 is 2.17 bits per heavy atom. The Morgan fingerprint density at radius 3 is 2.97 bits per heavy atom. The summed E-state index contributed by atoms with van der Waals surface area (Å²) in [4.78, 5) is 31.6. The normalized spacial score (nSPS) is 13.8. The third-order valence-electron chi connectivity index (χ3n) is 4.66. The highest BCUT2D eigenvalue weighted by atomic mass is 32.2. The fourth-order valence-electron chi connectivity index (χ4n) is 3.20. The summed E-state index contributed by atoms with van der Waals surface area (Å²) in [5, 5.41) is 1.81. The maximum Gasteiger partial charge on any atom is 0.258 e. The molecule has 0 aliphatic carbocycles. The van der Waals surface area contributed by atoms with E-state index in [-0.39, 0.29) is 22.1 Å². The number of nitrogens with one attached hydrogen (secondary N) is 1. The molecule has 0 saturated heterocycles. The van der Waals surface area contributed by atoms with Gasteiger partial charge >= 0.3 is 0 Å². The minimum absolute atomic E-state index is 0.0492. The predicted octanol–water partition coefficient (Wildman–Crippen LogP) is 1.49. The highest BCUT2D eigenvalue weighted by molar-refractivity contribution is 7.99. The molecule has 0 saturated carbocycles. The van der Waals surface area contributed by atoms with Gasteiger partial charge in [-0.05, 0) is 37.2 Å². The van der Waals surface area contributed by atoms with E-state index in [1.165, 1.54) is 46.7 Å². The van der Waals surface area contributed by atoms with Crippen molar-refractivity contribution in [2.45, 2.75) is 17.1 Å². The van der Waals surface area contributed by atoms with Gasteiger partial charge in [-0.25, -0.2) is 18.1 Å². The number of sulfonamides is 1. The lowest BCUT2D eigenvalue weighted by Crippen LogP contribution is -2.30. The standard InChI is InChI=1S/C18H18N4O4S3/c1-19-29(25,26)14-2-3-15-12(8-14)4-5-21(15)17(24)11-27-10-13-9-16(23)22-6-7-28-18(22)20-13/h2-3,6-9,19H,4-5,10-11H2,1H3. The average Bonchev–Trinajstić information content (AvgIpc) is 3.34. The molecule has 1 aromatic carbocycles. The third kappa shape index (κ3) is 3.95. The van der Waals surface area contributed by atoms with Gasteiger partial charge in [0, 0.05) is 35.6 Å². The van der Waals surface area contributed by atoms with Crippen LogP contribution in [0.5, 0.6) is 0 Å². The second-order valence-corrected chi connectivity index (χ2v) is 10.2. The van der Waals surface area contributed by atoms with Crippen LogP contribution in [0.25, 0.3) is 4.96 Å². The zero-order valence-electron chi connectivity index (χ0n) is 15.5. The quantitative estimate of drug-likeness (QED) is 0.611. The van der Waals surface area contributed by atoms with Crippen LogP contribution in [0.3, 0.4) is 0 Å². The number of hydrogen-bond donors (Lipinski definition) is 1. The number of fused-ring (bicyclic) bond motifs is 2. The molecule has 3 heterocycles. The Kier molecular flexibility index (Phi) is 5.47. The van der Waals surface area contributed by atoms with Gasteiger partial charge in [-0.1, -0.05) is 0 Å². The molecule has 152 valence electrons. The zero-order chi connectivity index (χ0) is 20.6. The highest BCUT2D eigenvalue weighted by Crippen LogP contribution is 2.30. The van der Waals surface area contributed by atoms with Gasteiger partial charge in [-0.15, -0.1) is 23.1 Å². The number of rotatable bonds is 6. The topological polar surface area (TPSA) is 101 Å². The molecule has 1 aliphatic rings. The van der Waals surface area contributed by atoms with Gasteiger partial charge in [-0.2, -0.15) is 0 Å². The van der Waals surface area contributed by atoms with Gasteiger partial charge in [0.15, 0.2) is 4.96 Å². The third-order valence-corrected chi connectivity index (χ3v) is 7.78. The highest BCUT2D eigenvalue weighted by Gasteiger charge is 2.26. The van der Waals surface area contributed by atoms with Gasteiger partial charge in [0.2, 0.25) is 15.9 Å². The summed E-state index contributed by atoms with van der Waals surface area (Å²) in [5.74, 6) is 0.670. The molecule has 0 atom stereocenters. The fourth-order valence-corrected chi connectivity index (χ4v) is 5.51. The number of amides is 1. The Hall–Kier alpha value is -2.21. The van der Waals surface area contributed by atoms with E-state index in [4.69, 9.17) is 0 Å². The molecule has 2 aromatic heterocycles. The lowest BCUT2D eigenvalue weighted by Gasteiger charge is -2.17. The number of carbonyl (C=O) groups excluding carboxylic acids is 1. The monoisotopic (exact) mass is 450 g/mol. The van der Waals surface area contributed by atoms with Crippen LogP contribution in [0.1, 0.15) is 11.3 Å². The minimum Gasteiger partial charge on any atom is -0.311 e. The summed E-state index contributed by atoms with van der Waals surface area (Å²) in [5.41, 5.74) is 2.12. The second kappa shape index (κ2) is 7.90. The van der Waals surface area contributed by atoms with Gasteiger partial charge in [-0.3, -0.25) is 14.0 Å². The number of hydrogen-bond acceptors (Lipinski definition) is 7. The Morgan fingerprint density at radius 1 is 1.34 bits per heavy atom. The first-order chi connectivity index (χ1) is 13.9.